The summed E-state index contributed by atoms with van der Waals surface area (Å²) in [5.41, 5.74) is 0. The van der Waals surface area contributed by atoms with E-state index in [9.17, 15) is 14.4 Å². The Labute approximate surface area is 424 Å². The number of ether oxygens (including phenoxy) is 3. The largest absolute Gasteiger partial charge is 0.462 e. The monoisotopic (exact) mass is 953 g/mol. The maximum absolute atomic E-state index is 12.8. The van der Waals surface area contributed by atoms with Gasteiger partial charge in [0.15, 0.2) is 6.10 Å². The average Bonchev–Trinajstić information content (AvgIpc) is 3.35. The molecule has 0 aliphatic heterocycles. The van der Waals surface area contributed by atoms with Crippen LogP contribution in [0.4, 0.5) is 0 Å². The van der Waals surface area contributed by atoms with E-state index in [0.29, 0.717) is 19.3 Å². The summed E-state index contributed by atoms with van der Waals surface area (Å²) >= 11 is 0. The second kappa shape index (κ2) is 56.1. The number of unbranched alkanes of at least 4 members (excludes halogenated alkanes) is 16. The maximum atomic E-state index is 12.8. The fourth-order valence-electron chi connectivity index (χ4n) is 7.11. The minimum absolute atomic E-state index is 0.0830. The Morgan fingerprint density at radius 1 is 0.319 bits per heavy atom. The first kappa shape index (κ1) is 64.5. The summed E-state index contributed by atoms with van der Waals surface area (Å²) in [4.78, 5) is 38.0. The lowest BCUT2D eigenvalue weighted by Gasteiger charge is -2.18. The highest BCUT2D eigenvalue weighted by molar-refractivity contribution is 5.72. The number of rotatable bonds is 48. The third-order valence-electron chi connectivity index (χ3n) is 11.2. The van der Waals surface area contributed by atoms with E-state index < -0.39 is 12.1 Å². The summed E-state index contributed by atoms with van der Waals surface area (Å²) in [5.74, 6) is -1.11. The van der Waals surface area contributed by atoms with E-state index >= 15 is 0 Å². The van der Waals surface area contributed by atoms with Crippen LogP contribution in [0.25, 0.3) is 0 Å². The molecule has 0 rings (SSSR count). The Hall–Kier alpha value is -4.45. The molecule has 6 heteroatoms. The zero-order valence-corrected chi connectivity index (χ0v) is 44.3. The van der Waals surface area contributed by atoms with E-state index in [1.807, 2.05) is 6.08 Å². The van der Waals surface area contributed by atoms with Crippen LogP contribution in [0.15, 0.2) is 134 Å². The van der Waals surface area contributed by atoms with E-state index in [1.54, 1.807) is 6.08 Å². The van der Waals surface area contributed by atoms with Crippen molar-refractivity contribution in [1.29, 1.82) is 0 Å². The lowest BCUT2D eigenvalue weighted by molar-refractivity contribution is -0.166. The Balaban J connectivity index is 4.57. The first-order valence-electron chi connectivity index (χ1n) is 27.7. The van der Waals surface area contributed by atoms with Gasteiger partial charge < -0.3 is 14.2 Å². The molecule has 1 unspecified atom stereocenters. The number of allylic oxidation sites excluding steroid dienone is 21. The van der Waals surface area contributed by atoms with Crippen molar-refractivity contribution in [2.45, 2.75) is 232 Å². The first-order chi connectivity index (χ1) is 34.0. The van der Waals surface area contributed by atoms with Gasteiger partial charge in [0.2, 0.25) is 0 Å². The van der Waals surface area contributed by atoms with Crippen molar-refractivity contribution in [1.82, 2.24) is 0 Å². The quantitative estimate of drug-likeness (QED) is 0.0262. The molecule has 0 saturated heterocycles. The molecule has 0 spiro atoms. The van der Waals surface area contributed by atoms with Crippen molar-refractivity contribution in [3.8, 4) is 0 Å². The molecular weight excluding hydrogens is 853 g/mol. The molecule has 0 heterocycles. The summed E-state index contributed by atoms with van der Waals surface area (Å²) < 4.78 is 16.7. The van der Waals surface area contributed by atoms with E-state index in [4.69, 9.17) is 14.2 Å². The number of hydrogen-bond acceptors (Lipinski definition) is 6. The predicted octanol–water partition coefficient (Wildman–Crippen LogP) is 18.6. The van der Waals surface area contributed by atoms with Gasteiger partial charge in [0.1, 0.15) is 13.2 Å². The predicted molar refractivity (Wildman–Crippen MR) is 297 cm³/mol. The number of carbonyl (C=O) groups is 3. The molecule has 0 aromatic heterocycles. The highest BCUT2D eigenvalue weighted by Crippen LogP contribution is 2.14. The van der Waals surface area contributed by atoms with Gasteiger partial charge in [-0.3, -0.25) is 14.4 Å². The Bertz CT molecular complexity index is 1510. The molecule has 388 valence electrons. The molecule has 0 N–H and O–H groups in total. The SMILES string of the molecule is CC/C=C\C/C=C\C/C=C\C/C=C\C/C=C\C/C=C\CCCCC(=O)OCC(COC(=O)CCCCCCCCCCCCCCCCC)OC(=O)C/C=C\C/C=C\C/C=C\C/C=C\C/C=C\CC. The van der Waals surface area contributed by atoms with Gasteiger partial charge in [0, 0.05) is 12.8 Å². The van der Waals surface area contributed by atoms with Crippen LogP contribution in [0, 0.1) is 0 Å². The Kier molecular flexibility index (Phi) is 52.5. The molecule has 0 fully saturated rings. The number of carbonyl (C=O) groups excluding carboxylic acids is 3. The average molecular weight is 953 g/mol. The summed E-state index contributed by atoms with van der Waals surface area (Å²) in [7, 11) is 0. The van der Waals surface area contributed by atoms with E-state index in [-0.39, 0.29) is 38.0 Å². The molecule has 0 aliphatic rings. The van der Waals surface area contributed by atoms with Crippen molar-refractivity contribution in [3.63, 3.8) is 0 Å². The fourth-order valence-corrected chi connectivity index (χ4v) is 7.11. The molecule has 1 atom stereocenters. The van der Waals surface area contributed by atoms with Gasteiger partial charge in [0.05, 0.1) is 6.42 Å². The number of hydrogen-bond donors (Lipinski definition) is 0. The molecule has 0 saturated carbocycles. The van der Waals surface area contributed by atoms with Crippen LogP contribution >= 0.6 is 0 Å². The minimum atomic E-state index is -0.854. The van der Waals surface area contributed by atoms with Crippen LogP contribution < -0.4 is 0 Å². The standard InChI is InChI=1S/C63H100O6/c1-4-7-10-13-16-19-22-25-28-29-30-31-32-33-36-38-41-44-47-50-53-56-62(65)68-59-60(69-63(66)57-54-51-48-45-42-39-35-27-24-21-18-15-12-9-6-3)58-67-61(64)55-52-49-46-43-40-37-34-26-23-20-17-14-11-8-5-2/h7,9-10,12,16,18-19,21,25,27-28,30-31,33,35-36,41-42,44-45,51,54,60H,4-6,8,11,13-15,17,20,22-24,26,29,32,34,37-40,43,46-50,52-53,55-59H2,1-3H3/b10-7-,12-9-,19-16-,21-18-,28-25-,31-30-,35-27-,36-33-,44-41-,45-42-,54-51-. The third-order valence-corrected chi connectivity index (χ3v) is 11.2. The van der Waals surface area contributed by atoms with Crippen molar-refractivity contribution in [2.24, 2.45) is 0 Å². The second-order valence-electron chi connectivity index (χ2n) is 17.8. The maximum Gasteiger partial charge on any atom is 0.310 e. The summed E-state index contributed by atoms with van der Waals surface area (Å²) in [6.45, 7) is 6.28. The summed E-state index contributed by atoms with van der Waals surface area (Å²) in [6, 6.07) is 0. The van der Waals surface area contributed by atoms with Crippen LogP contribution in [0.1, 0.15) is 226 Å². The smallest absolute Gasteiger partial charge is 0.310 e. The second-order valence-corrected chi connectivity index (χ2v) is 17.8. The van der Waals surface area contributed by atoms with E-state index in [1.165, 1.54) is 77.0 Å². The van der Waals surface area contributed by atoms with Crippen LogP contribution in [-0.4, -0.2) is 37.2 Å². The zero-order valence-electron chi connectivity index (χ0n) is 44.3. The summed E-state index contributed by atoms with van der Waals surface area (Å²) in [6.07, 6.45) is 78.9. The fraction of sp³-hybridized carbons (Fsp3) is 0.603. The molecule has 69 heavy (non-hydrogen) atoms. The molecule has 0 aromatic rings. The highest BCUT2D eigenvalue weighted by Gasteiger charge is 2.19. The van der Waals surface area contributed by atoms with Gasteiger partial charge in [-0.15, -0.1) is 0 Å². The van der Waals surface area contributed by atoms with E-state index in [0.717, 1.165) is 96.3 Å². The van der Waals surface area contributed by atoms with Crippen LogP contribution in [0.2, 0.25) is 0 Å². The number of esters is 3. The lowest BCUT2D eigenvalue weighted by Crippen LogP contribution is -2.30. The van der Waals surface area contributed by atoms with Gasteiger partial charge in [-0.2, -0.15) is 0 Å². The molecular formula is C63H100O6. The van der Waals surface area contributed by atoms with Crippen molar-refractivity contribution in [3.05, 3.63) is 134 Å². The van der Waals surface area contributed by atoms with Crippen LogP contribution in [0.5, 0.6) is 0 Å². The van der Waals surface area contributed by atoms with Gasteiger partial charge in [-0.1, -0.05) is 244 Å². The third kappa shape index (κ3) is 54.4. The highest BCUT2D eigenvalue weighted by atomic mass is 16.6. The first-order valence-corrected chi connectivity index (χ1v) is 27.7. The molecule has 0 radical (unpaired) electrons. The molecule has 0 bridgehead atoms. The van der Waals surface area contributed by atoms with Gasteiger partial charge in [0.25, 0.3) is 0 Å². The van der Waals surface area contributed by atoms with Crippen molar-refractivity contribution < 1.29 is 28.6 Å². The lowest BCUT2D eigenvalue weighted by atomic mass is 10.0. The molecule has 6 nitrogen and oxygen atoms in total. The van der Waals surface area contributed by atoms with Crippen LogP contribution in [0.3, 0.4) is 0 Å². The van der Waals surface area contributed by atoms with E-state index in [2.05, 4.69) is 142 Å². The summed E-state index contributed by atoms with van der Waals surface area (Å²) in [5, 5.41) is 0. The molecule has 0 aliphatic carbocycles. The van der Waals surface area contributed by atoms with Crippen molar-refractivity contribution >= 4 is 17.9 Å². The van der Waals surface area contributed by atoms with Gasteiger partial charge in [-0.05, 0) is 96.3 Å². The Morgan fingerprint density at radius 3 is 0.957 bits per heavy atom. The Morgan fingerprint density at radius 2 is 0.609 bits per heavy atom. The normalized spacial score (nSPS) is 13.1. The van der Waals surface area contributed by atoms with Gasteiger partial charge >= 0.3 is 17.9 Å². The van der Waals surface area contributed by atoms with Gasteiger partial charge in [-0.25, -0.2) is 0 Å². The zero-order chi connectivity index (χ0) is 50.0. The van der Waals surface area contributed by atoms with Crippen molar-refractivity contribution in [2.75, 3.05) is 13.2 Å². The van der Waals surface area contributed by atoms with Crippen LogP contribution in [-0.2, 0) is 28.6 Å². The topological polar surface area (TPSA) is 78.9 Å². The molecule has 0 aromatic carbocycles. The minimum Gasteiger partial charge on any atom is -0.462 e. The molecule has 0 amide bonds.